The van der Waals surface area contributed by atoms with Gasteiger partial charge in [-0.3, -0.25) is 0 Å². The zero-order valence-corrected chi connectivity index (χ0v) is 16.7. The molecule has 0 radical (unpaired) electrons. The summed E-state index contributed by atoms with van der Waals surface area (Å²) in [5.41, 5.74) is 0.886. The molecule has 2 aromatic rings. The Bertz CT molecular complexity index is 877. The van der Waals surface area contributed by atoms with E-state index in [1.54, 1.807) is 0 Å². The lowest BCUT2D eigenvalue weighted by Gasteiger charge is -2.34. The van der Waals surface area contributed by atoms with Crippen molar-refractivity contribution in [1.82, 2.24) is 15.3 Å². The number of rotatable bonds is 5. The molecule has 5 rings (SSSR count). The van der Waals surface area contributed by atoms with Crippen LogP contribution in [0, 0.1) is 0 Å². The summed E-state index contributed by atoms with van der Waals surface area (Å²) in [5, 5.41) is 4.28. The van der Waals surface area contributed by atoms with Gasteiger partial charge in [-0.05, 0) is 43.9 Å². The third-order valence-electron chi connectivity index (χ3n) is 5.73. The molecule has 29 heavy (non-hydrogen) atoms. The maximum Gasteiger partial charge on any atom is 0.234 e. The number of benzene rings is 1. The van der Waals surface area contributed by atoms with E-state index in [4.69, 9.17) is 24.2 Å². The van der Waals surface area contributed by atoms with Gasteiger partial charge in [0.05, 0.1) is 10.9 Å². The van der Waals surface area contributed by atoms with Crippen molar-refractivity contribution >= 4 is 16.9 Å². The number of hydrogen-bond donors (Lipinski definition) is 1. The Morgan fingerprint density at radius 3 is 2.83 bits per heavy atom. The van der Waals surface area contributed by atoms with Crippen LogP contribution < -0.4 is 15.0 Å². The molecule has 3 heterocycles. The highest BCUT2D eigenvalue weighted by atomic mass is 16.8. The Labute approximate surface area is 171 Å². The fraction of sp³-hybridized carbons (Fsp3) is 0.545. The van der Waals surface area contributed by atoms with E-state index in [0.29, 0.717) is 11.8 Å². The molecule has 3 aliphatic rings. The number of fused-ring (bicyclic) bond motifs is 1. The van der Waals surface area contributed by atoms with E-state index in [1.807, 2.05) is 30.3 Å². The van der Waals surface area contributed by atoms with Gasteiger partial charge in [0.15, 0.2) is 6.29 Å². The minimum absolute atomic E-state index is 0.229. The largest absolute Gasteiger partial charge is 0.441 e. The van der Waals surface area contributed by atoms with Gasteiger partial charge in [-0.25, -0.2) is 4.98 Å². The number of nitrogens with zero attached hydrogens (tertiary/aromatic N) is 3. The topological polar surface area (TPSA) is 68.7 Å². The van der Waals surface area contributed by atoms with Gasteiger partial charge in [-0.15, -0.1) is 0 Å². The molecule has 2 saturated heterocycles. The maximum atomic E-state index is 6.53. The highest BCUT2D eigenvalue weighted by Crippen LogP contribution is 2.36. The predicted octanol–water partition coefficient (Wildman–Crippen LogP) is 3.01. The molecule has 7 nitrogen and oxygen atoms in total. The summed E-state index contributed by atoms with van der Waals surface area (Å²) in [6.07, 6.45) is 8.69. The number of nitrogens with one attached hydrogen (secondary N) is 1. The van der Waals surface area contributed by atoms with Crippen molar-refractivity contribution in [3.63, 3.8) is 0 Å². The van der Waals surface area contributed by atoms with E-state index in [2.05, 4.69) is 16.3 Å². The van der Waals surface area contributed by atoms with E-state index < -0.39 is 5.79 Å². The second kappa shape index (κ2) is 8.26. The number of anilines is 1. The summed E-state index contributed by atoms with van der Waals surface area (Å²) in [6.45, 7) is 4.38. The highest BCUT2D eigenvalue weighted by Gasteiger charge is 2.38. The quantitative estimate of drug-likeness (QED) is 0.615. The molecule has 0 bridgehead atoms. The SMILES string of the molecule is C1=CC(Oc2nc(N3CCNCC3)nc3ccccc23)(OC2CCCCO2)CC1. The molecule has 2 atom stereocenters. The minimum Gasteiger partial charge on any atom is -0.441 e. The molecule has 0 spiro atoms. The van der Waals surface area contributed by atoms with Crippen LogP contribution in [-0.2, 0) is 9.47 Å². The van der Waals surface area contributed by atoms with Crippen LogP contribution >= 0.6 is 0 Å². The van der Waals surface area contributed by atoms with Crippen molar-refractivity contribution in [3.8, 4) is 5.88 Å². The summed E-state index contributed by atoms with van der Waals surface area (Å²) in [5.74, 6) is 0.456. The molecule has 7 heteroatoms. The second-order valence-electron chi connectivity index (χ2n) is 7.85. The van der Waals surface area contributed by atoms with Crippen LogP contribution in [0.4, 0.5) is 5.95 Å². The lowest BCUT2D eigenvalue weighted by Crippen LogP contribution is -2.44. The van der Waals surface area contributed by atoms with Gasteiger partial charge in [0.2, 0.25) is 17.6 Å². The zero-order chi connectivity index (χ0) is 19.5. The monoisotopic (exact) mass is 396 g/mol. The molecule has 0 saturated carbocycles. The smallest absolute Gasteiger partial charge is 0.234 e. The predicted molar refractivity (Wildman–Crippen MR) is 111 cm³/mol. The molecule has 2 unspecified atom stereocenters. The first-order valence-corrected chi connectivity index (χ1v) is 10.7. The third-order valence-corrected chi connectivity index (χ3v) is 5.73. The summed E-state index contributed by atoms with van der Waals surface area (Å²) < 4.78 is 18.7. The van der Waals surface area contributed by atoms with Gasteiger partial charge in [0, 0.05) is 39.2 Å². The number of para-hydroxylation sites is 1. The lowest BCUT2D eigenvalue weighted by atomic mass is 10.2. The van der Waals surface area contributed by atoms with E-state index in [1.165, 1.54) is 0 Å². The first-order valence-electron chi connectivity index (χ1n) is 10.7. The zero-order valence-electron chi connectivity index (χ0n) is 16.7. The Hall–Kier alpha value is -2.22. The molecule has 154 valence electrons. The molecule has 2 fully saturated rings. The normalized spacial score (nSPS) is 27.4. The molecular weight excluding hydrogens is 368 g/mol. The standard InChI is InChI=1S/C22H28N4O3/c1-2-8-18-17(7-1)20(25-21(24-18)26-14-12-23-13-15-26)29-22(10-4-5-11-22)28-19-9-3-6-16-27-19/h1-2,4,7-8,10,19,23H,3,5-6,9,11-16H2. The van der Waals surface area contributed by atoms with Crippen molar-refractivity contribution in [2.24, 2.45) is 0 Å². The van der Waals surface area contributed by atoms with Crippen LogP contribution in [0.2, 0.25) is 0 Å². The van der Waals surface area contributed by atoms with E-state index in [0.717, 1.165) is 75.8 Å². The van der Waals surface area contributed by atoms with Crippen LogP contribution in [0.3, 0.4) is 0 Å². The summed E-state index contributed by atoms with van der Waals surface area (Å²) in [4.78, 5) is 11.8. The summed E-state index contributed by atoms with van der Waals surface area (Å²) in [7, 11) is 0. The number of hydrogen-bond acceptors (Lipinski definition) is 7. The third kappa shape index (κ3) is 4.08. The Morgan fingerprint density at radius 2 is 2.03 bits per heavy atom. The van der Waals surface area contributed by atoms with Crippen LogP contribution in [0.1, 0.15) is 32.1 Å². The van der Waals surface area contributed by atoms with Crippen molar-refractivity contribution in [3.05, 3.63) is 36.4 Å². The van der Waals surface area contributed by atoms with E-state index >= 15 is 0 Å². The fourth-order valence-electron chi connectivity index (χ4n) is 4.15. The number of aromatic nitrogens is 2. The first kappa shape index (κ1) is 18.8. The van der Waals surface area contributed by atoms with Gasteiger partial charge < -0.3 is 24.4 Å². The number of ether oxygens (including phenoxy) is 3. The molecule has 1 aromatic heterocycles. The highest BCUT2D eigenvalue weighted by molar-refractivity contribution is 5.84. The van der Waals surface area contributed by atoms with Gasteiger partial charge in [0.25, 0.3) is 0 Å². The van der Waals surface area contributed by atoms with Gasteiger partial charge in [0.1, 0.15) is 0 Å². The molecule has 1 N–H and O–H groups in total. The second-order valence-corrected chi connectivity index (χ2v) is 7.85. The molecule has 1 aromatic carbocycles. The molecule has 0 amide bonds. The fourth-order valence-corrected chi connectivity index (χ4v) is 4.15. The Morgan fingerprint density at radius 1 is 1.14 bits per heavy atom. The summed E-state index contributed by atoms with van der Waals surface area (Å²) >= 11 is 0. The summed E-state index contributed by atoms with van der Waals surface area (Å²) in [6, 6.07) is 8.01. The first-order chi connectivity index (χ1) is 14.3. The van der Waals surface area contributed by atoms with E-state index in [-0.39, 0.29) is 6.29 Å². The Kier molecular flexibility index (Phi) is 5.35. The Balaban J connectivity index is 1.48. The van der Waals surface area contributed by atoms with Gasteiger partial charge in [-0.2, -0.15) is 4.98 Å². The average Bonchev–Trinajstić information content (AvgIpc) is 3.23. The van der Waals surface area contributed by atoms with Crippen LogP contribution in [-0.4, -0.2) is 54.8 Å². The van der Waals surface area contributed by atoms with Crippen LogP contribution in [0.5, 0.6) is 5.88 Å². The van der Waals surface area contributed by atoms with Crippen molar-refractivity contribution in [2.45, 2.75) is 44.2 Å². The van der Waals surface area contributed by atoms with Gasteiger partial charge in [-0.1, -0.05) is 18.2 Å². The molecule has 2 aliphatic heterocycles. The average molecular weight is 396 g/mol. The van der Waals surface area contributed by atoms with Crippen molar-refractivity contribution < 1.29 is 14.2 Å². The van der Waals surface area contributed by atoms with E-state index in [9.17, 15) is 0 Å². The van der Waals surface area contributed by atoms with Crippen molar-refractivity contribution in [2.75, 3.05) is 37.7 Å². The molecule has 1 aliphatic carbocycles. The van der Waals surface area contributed by atoms with Crippen LogP contribution in [0.15, 0.2) is 36.4 Å². The maximum absolute atomic E-state index is 6.53. The van der Waals surface area contributed by atoms with Crippen LogP contribution in [0.25, 0.3) is 10.9 Å². The van der Waals surface area contributed by atoms with Crippen molar-refractivity contribution in [1.29, 1.82) is 0 Å². The number of piperazine rings is 1. The minimum atomic E-state index is -0.833. The van der Waals surface area contributed by atoms with Gasteiger partial charge >= 0.3 is 0 Å². The molecular formula is C22H28N4O3. The lowest BCUT2D eigenvalue weighted by molar-refractivity contribution is -0.266. The number of allylic oxidation sites excluding steroid dienone is 1.